The van der Waals surface area contributed by atoms with Gasteiger partial charge >= 0.3 is 11.9 Å². The number of cyclic esters (lactones) is 1. The molecule has 0 spiro atoms. The number of ketones is 3. The topological polar surface area (TPSA) is 124 Å². The van der Waals surface area contributed by atoms with E-state index in [0.717, 1.165) is 7.11 Å². The van der Waals surface area contributed by atoms with Gasteiger partial charge in [-0.05, 0) is 38.0 Å². The third-order valence-electron chi connectivity index (χ3n) is 10.1. The van der Waals surface area contributed by atoms with Crippen LogP contribution in [0.15, 0.2) is 12.2 Å². The normalized spacial score (nSPS) is 47.8. The minimum Gasteiger partial charge on any atom is -0.466 e. The van der Waals surface area contributed by atoms with Crippen LogP contribution >= 0.6 is 0 Å². The summed E-state index contributed by atoms with van der Waals surface area (Å²) >= 11 is 0. The van der Waals surface area contributed by atoms with Crippen molar-refractivity contribution in [1.82, 2.24) is 0 Å². The van der Waals surface area contributed by atoms with E-state index in [-0.39, 0.29) is 18.6 Å². The third kappa shape index (κ3) is 2.50. The summed E-state index contributed by atoms with van der Waals surface area (Å²) in [5.74, 6) is -5.41. The van der Waals surface area contributed by atoms with Crippen molar-refractivity contribution in [2.24, 2.45) is 39.4 Å². The van der Waals surface area contributed by atoms with Gasteiger partial charge in [-0.15, -0.1) is 0 Å². The number of methoxy groups -OCH3 is 1. The molecule has 8 atom stereocenters. The smallest absolute Gasteiger partial charge is 0.358 e. The molecule has 1 aliphatic heterocycles. The number of aliphatic hydroxyl groups is 1. The van der Waals surface area contributed by atoms with E-state index in [1.54, 1.807) is 27.7 Å². The van der Waals surface area contributed by atoms with E-state index < -0.39 is 74.6 Å². The fourth-order valence-electron chi connectivity index (χ4n) is 8.27. The summed E-state index contributed by atoms with van der Waals surface area (Å²) < 4.78 is 10.2. The molecule has 4 fully saturated rings. The minimum absolute atomic E-state index is 0.0281. The fraction of sp³-hybridized carbons (Fsp3) is 0.731. The Labute approximate surface area is 199 Å². The predicted molar refractivity (Wildman–Crippen MR) is 119 cm³/mol. The molecule has 8 nitrogen and oxygen atoms in total. The lowest BCUT2D eigenvalue weighted by Gasteiger charge is -2.68. The van der Waals surface area contributed by atoms with Gasteiger partial charge in [-0.2, -0.15) is 0 Å². The second-order valence-corrected chi connectivity index (χ2v) is 12.0. The van der Waals surface area contributed by atoms with Gasteiger partial charge < -0.3 is 14.6 Å². The molecule has 8 heteroatoms. The van der Waals surface area contributed by atoms with E-state index in [0.29, 0.717) is 12.0 Å². The molecule has 1 saturated heterocycles. The largest absolute Gasteiger partial charge is 0.466 e. The highest BCUT2D eigenvalue weighted by Crippen LogP contribution is 2.71. The van der Waals surface area contributed by atoms with E-state index in [1.165, 1.54) is 6.92 Å². The van der Waals surface area contributed by atoms with E-state index in [9.17, 15) is 29.1 Å². The summed E-state index contributed by atoms with van der Waals surface area (Å²) in [7, 11) is 1.10. The van der Waals surface area contributed by atoms with Crippen molar-refractivity contribution in [3.8, 4) is 0 Å². The highest BCUT2D eigenvalue weighted by Gasteiger charge is 2.77. The first-order valence-corrected chi connectivity index (χ1v) is 11.8. The molecule has 3 saturated carbocycles. The van der Waals surface area contributed by atoms with Crippen LogP contribution in [0.25, 0.3) is 0 Å². The molecular formula is C26H34O8. The molecule has 0 aromatic carbocycles. The average Bonchev–Trinajstić information content (AvgIpc) is 2.75. The Morgan fingerprint density at radius 2 is 1.65 bits per heavy atom. The average molecular weight is 475 g/mol. The molecule has 3 aliphatic carbocycles. The van der Waals surface area contributed by atoms with Crippen LogP contribution in [0.4, 0.5) is 0 Å². The van der Waals surface area contributed by atoms with E-state index in [4.69, 9.17) is 9.47 Å². The van der Waals surface area contributed by atoms with Gasteiger partial charge in [0, 0.05) is 23.2 Å². The third-order valence-corrected chi connectivity index (χ3v) is 10.1. The molecule has 34 heavy (non-hydrogen) atoms. The number of carbonyl (C=O) groups excluding carboxylic acids is 5. The van der Waals surface area contributed by atoms with Crippen LogP contribution in [-0.2, 0) is 33.4 Å². The second kappa shape index (κ2) is 6.86. The summed E-state index contributed by atoms with van der Waals surface area (Å²) in [5, 5.41) is 11.5. The summed E-state index contributed by atoms with van der Waals surface area (Å²) in [6.07, 6.45) is -0.616. The van der Waals surface area contributed by atoms with Crippen molar-refractivity contribution >= 4 is 29.3 Å². The molecule has 1 N–H and O–H groups in total. The summed E-state index contributed by atoms with van der Waals surface area (Å²) in [6, 6.07) is 0. The van der Waals surface area contributed by atoms with Crippen molar-refractivity contribution in [3.63, 3.8) is 0 Å². The van der Waals surface area contributed by atoms with Crippen LogP contribution in [0.3, 0.4) is 0 Å². The van der Waals surface area contributed by atoms with Gasteiger partial charge in [0.25, 0.3) is 5.60 Å². The minimum atomic E-state index is -2.15. The van der Waals surface area contributed by atoms with Crippen LogP contribution in [0.5, 0.6) is 0 Å². The van der Waals surface area contributed by atoms with E-state index >= 15 is 0 Å². The Kier molecular flexibility index (Phi) is 5.00. The summed E-state index contributed by atoms with van der Waals surface area (Å²) in [6.45, 7) is 14.0. The molecule has 0 amide bonds. The van der Waals surface area contributed by atoms with Crippen LogP contribution in [0.1, 0.15) is 60.8 Å². The summed E-state index contributed by atoms with van der Waals surface area (Å²) in [4.78, 5) is 66.5. The molecule has 1 heterocycles. The van der Waals surface area contributed by atoms with Gasteiger partial charge in [-0.3, -0.25) is 19.2 Å². The first kappa shape index (κ1) is 24.8. The summed E-state index contributed by atoms with van der Waals surface area (Å²) in [5.41, 5.74) is -6.29. The Bertz CT molecular complexity index is 1060. The number of hydrogen-bond acceptors (Lipinski definition) is 8. The fourth-order valence-corrected chi connectivity index (χ4v) is 8.27. The van der Waals surface area contributed by atoms with E-state index in [2.05, 4.69) is 6.58 Å². The van der Waals surface area contributed by atoms with Crippen molar-refractivity contribution in [2.75, 3.05) is 7.11 Å². The van der Waals surface area contributed by atoms with Crippen LogP contribution < -0.4 is 0 Å². The lowest BCUT2D eigenvalue weighted by Crippen LogP contribution is -2.75. The van der Waals surface area contributed by atoms with Crippen molar-refractivity contribution < 1.29 is 38.6 Å². The van der Waals surface area contributed by atoms with Gasteiger partial charge in [0.05, 0.1) is 18.4 Å². The van der Waals surface area contributed by atoms with Gasteiger partial charge in [0.2, 0.25) is 0 Å². The number of rotatable bonds is 1. The number of Topliss-reactive ketones (excluding diaryl/α,β-unsaturated/α-hetero) is 3. The predicted octanol–water partition coefficient (Wildman–Crippen LogP) is 2.20. The number of allylic oxidation sites excluding steroid dienone is 1. The quantitative estimate of drug-likeness (QED) is 0.348. The lowest BCUT2D eigenvalue weighted by molar-refractivity contribution is -0.237. The Balaban J connectivity index is 1.93. The highest BCUT2D eigenvalue weighted by molar-refractivity contribution is 6.15. The standard InChI is InChI=1S/C26H34O8/c1-12-11-13-23(4)10-9-14(27)22(2,3)16(23)15(28)18(29)25(13,6)17-19(30)34-26(7,21(32)33-8)20(31)24(12,17)5/h13,16-18,29H,1,9-11H2,2-8H3/t13-,16-,17-,18+,23-,24+,25-,26-/m0/s1. The number of fused-ring (bicyclic) bond motifs is 5. The Morgan fingerprint density at radius 1 is 1.06 bits per heavy atom. The van der Waals surface area contributed by atoms with Gasteiger partial charge in [-0.1, -0.05) is 39.8 Å². The van der Waals surface area contributed by atoms with Gasteiger partial charge in [0.15, 0.2) is 11.6 Å². The number of aliphatic hydroxyl groups excluding tert-OH is 1. The Hall–Kier alpha value is -2.35. The number of esters is 2. The molecule has 186 valence electrons. The SMILES string of the molecule is C=C1C[C@H]2[C@]3(C)CCC(=O)C(C)(C)[C@@H]3C(=O)[C@@H](O)[C@]2(C)[C@H]2C(=O)O[C@](C)(C(=O)OC)C(=O)[C@]12C. The Morgan fingerprint density at radius 3 is 2.21 bits per heavy atom. The first-order valence-electron chi connectivity index (χ1n) is 11.8. The van der Waals surface area contributed by atoms with Gasteiger partial charge in [-0.25, -0.2) is 4.79 Å². The number of ether oxygens (including phenoxy) is 2. The molecule has 4 aliphatic rings. The first-order chi connectivity index (χ1) is 15.5. The van der Waals surface area contributed by atoms with Crippen LogP contribution in [-0.4, -0.2) is 53.2 Å². The molecule has 0 radical (unpaired) electrons. The van der Waals surface area contributed by atoms with Crippen molar-refractivity contribution in [2.45, 2.75) is 72.5 Å². The van der Waals surface area contributed by atoms with Crippen molar-refractivity contribution in [3.05, 3.63) is 12.2 Å². The molecular weight excluding hydrogens is 440 g/mol. The maximum atomic E-state index is 13.8. The van der Waals surface area contributed by atoms with E-state index in [1.807, 2.05) is 6.92 Å². The molecule has 0 aromatic rings. The molecule has 0 aromatic heterocycles. The van der Waals surface area contributed by atoms with Crippen LogP contribution in [0.2, 0.25) is 0 Å². The maximum absolute atomic E-state index is 13.8. The zero-order valence-corrected chi connectivity index (χ0v) is 20.9. The van der Waals surface area contributed by atoms with Crippen LogP contribution in [0, 0.1) is 39.4 Å². The zero-order chi connectivity index (χ0) is 25.8. The van der Waals surface area contributed by atoms with Gasteiger partial charge in [0.1, 0.15) is 11.9 Å². The number of carbonyl (C=O) groups is 5. The number of hydrogen-bond donors (Lipinski definition) is 1. The molecule has 0 unspecified atom stereocenters. The lowest BCUT2D eigenvalue weighted by atomic mass is 9.34. The molecule has 0 bridgehead atoms. The van der Waals surface area contributed by atoms with Crippen molar-refractivity contribution in [1.29, 1.82) is 0 Å². The zero-order valence-electron chi connectivity index (χ0n) is 20.9. The molecule has 4 rings (SSSR count). The monoisotopic (exact) mass is 474 g/mol. The second-order valence-electron chi connectivity index (χ2n) is 12.0. The maximum Gasteiger partial charge on any atom is 0.358 e. The highest BCUT2D eigenvalue weighted by atomic mass is 16.6.